The van der Waals surface area contributed by atoms with Gasteiger partial charge >= 0.3 is 12.8 Å². The van der Waals surface area contributed by atoms with Crippen molar-refractivity contribution in [2.75, 3.05) is 39.8 Å². The highest BCUT2D eigenvalue weighted by Gasteiger charge is 2.41. The average molecular weight is 566 g/mol. The molecule has 0 saturated carbocycles. The fourth-order valence-corrected chi connectivity index (χ4v) is 3.13. The highest BCUT2D eigenvalue weighted by atomic mass is 127. The van der Waals surface area contributed by atoms with E-state index in [0.29, 0.717) is 31.2 Å². The molecule has 31 heavy (non-hydrogen) atoms. The van der Waals surface area contributed by atoms with Crippen LogP contribution < -0.4 is 14.8 Å². The molecule has 1 aliphatic heterocycles. The number of methoxy groups -OCH3 is 1. The molecule has 178 valence electrons. The predicted octanol–water partition coefficient (Wildman–Crippen LogP) is 3.95. The molecular formula is C19H28F5IN4O2. The van der Waals surface area contributed by atoms with Crippen molar-refractivity contribution in [1.29, 1.82) is 0 Å². The number of rotatable bonds is 7. The van der Waals surface area contributed by atoms with Gasteiger partial charge in [0.1, 0.15) is 6.04 Å². The summed E-state index contributed by atoms with van der Waals surface area (Å²) in [6.07, 6.45) is -4.26. The molecule has 1 N–H and O–H groups in total. The molecule has 12 heteroatoms. The highest BCUT2D eigenvalue weighted by Crippen LogP contribution is 2.30. The molecular weight excluding hydrogens is 538 g/mol. The second-order valence-electron chi connectivity index (χ2n) is 6.77. The third-order valence-electron chi connectivity index (χ3n) is 4.83. The van der Waals surface area contributed by atoms with E-state index in [2.05, 4.69) is 15.0 Å². The maximum absolute atomic E-state index is 12.9. The lowest BCUT2D eigenvalue weighted by molar-refractivity contribution is -0.181. The molecule has 2 rings (SSSR count). The zero-order chi connectivity index (χ0) is 22.3. The molecule has 0 bridgehead atoms. The van der Waals surface area contributed by atoms with Crippen LogP contribution in [0.2, 0.25) is 0 Å². The molecule has 1 heterocycles. The van der Waals surface area contributed by atoms with E-state index in [1.165, 1.54) is 24.1 Å². The third kappa shape index (κ3) is 8.13. The molecule has 1 unspecified atom stereocenters. The largest absolute Gasteiger partial charge is 0.493 e. The normalized spacial score (nSPS) is 16.7. The molecule has 6 nitrogen and oxygen atoms in total. The van der Waals surface area contributed by atoms with E-state index in [9.17, 15) is 22.0 Å². The van der Waals surface area contributed by atoms with Crippen molar-refractivity contribution in [2.45, 2.75) is 39.2 Å². The molecule has 1 atom stereocenters. The first-order valence-electron chi connectivity index (χ1n) is 9.61. The Labute approximate surface area is 195 Å². The van der Waals surface area contributed by atoms with Gasteiger partial charge < -0.3 is 19.7 Å². The summed E-state index contributed by atoms with van der Waals surface area (Å²) < 4.78 is 73.5. The van der Waals surface area contributed by atoms with Gasteiger partial charge in [-0.1, -0.05) is 6.07 Å². The number of halogens is 6. The van der Waals surface area contributed by atoms with Crippen LogP contribution in [0.3, 0.4) is 0 Å². The number of ether oxygens (including phenoxy) is 2. The van der Waals surface area contributed by atoms with Gasteiger partial charge in [-0.15, -0.1) is 24.0 Å². The lowest BCUT2D eigenvalue weighted by Crippen LogP contribution is -2.56. The molecule has 0 amide bonds. The Morgan fingerprint density at radius 1 is 1.16 bits per heavy atom. The SMILES string of the molecule is CCNC(=NCc1ccc(OC)c(OC(F)F)c1)N1CCN(C(C)C(F)(F)F)CC1.I. The minimum Gasteiger partial charge on any atom is -0.493 e. The number of nitrogens with zero attached hydrogens (tertiary/aromatic N) is 3. The number of benzene rings is 1. The minimum absolute atomic E-state index is 0. The summed E-state index contributed by atoms with van der Waals surface area (Å²) in [6, 6.07) is 3.15. The van der Waals surface area contributed by atoms with Crippen molar-refractivity contribution >= 4 is 29.9 Å². The van der Waals surface area contributed by atoms with E-state index in [1.54, 1.807) is 6.07 Å². The fraction of sp³-hybridized carbons (Fsp3) is 0.632. The summed E-state index contributed by atoms with van der Waals surface area (Å²) in [6.45, 7) is 2.16. The summed E-state index contributed by atoms with van der Waals surface area (Å²) in [5.74, 6) is 0.661. The monoisotopic (exact) mass is 566 g/mol. The lowest BCUT2D eigenvalue weighted by Gasteiger charge is -2.39. The zero-order valence-corrected chi connectivity index (χ0v) is 19.9. The van der Waals surface area contributed by atoms with E-state index in [1.807, 2.05) is 11.8 Å². The summed E-state index contributed by atoms with van der Waals surface area (Å²) in [7, 11) is 1.36. The fourth-order valence-electron chi connectivity index (χ4n) is 3.13. The maximum atomic E-state index is 12.9. The van der Waals surface area contributed by atoms with Crippen LogP contribution in [0.4, 0.5) is 22.0 Å². The van der Waals surface area contributed by atoms with E-state index in [-0.39, 0.29) is 55.1 Å². The summed E-state index contributed by atoms with van der Waals surface area (Å²) in [4.78, 5) is 7.80. The van der Waals surface area contributed by atoms with Crippen LogP contribution in [0.25, 0.3) is 0 Å². The minimum atomic E-state index is -4.26. The molecule has 1 saturated heterocycles. The molecule has 1 aliphatic rings. The number of hydrogen-bond donors (Lipinski definition) is 1. The van der Waals surface area contributed by atoms with Gasteiger partial charge in [0, 0.05) is 32.7 Å². The van der Waals surface area contributed by atoms with Crippen molar-refractivity contribution in [3.63, 3.8) is 0 Å². The van der Waals surface area contributed by atoms with Crippen molar-refractivity contribution in [2.24, 2.45) is 4.99 Å². The smallest absolute Gasteiger partial charge is 0.403 e. The first-order valence-corrected chi connectivity index (χ1v) is 9.61. The van der Waals surface area contributed by atoms with Crippen LogP contribution in [0.5, 0.6) is 11.5 Å². The van der Waals surface area contributed by atoms with Gasteiger partial charge in [-0.2, -0.15) is 22.0 Å². The molecule has 0 spiro atoms. The maximum Gasteiger partial charge on any atom is 0.403 e. The second kappa shape index (κ2) is 12.5. The Kier molecular flexibility index (Phi) is 11.0. The third-order valence-corrected chi connectivity index (χ3v) is 4.83. The van der Waals surface area contributed by atoms with Gasteiger partial charge in [-0.05, 0) is 31.5 Å². The Hall–Kier alpha value is -1.57. The molecule has 0 aliphatic carbocycles. The standard InChI is InChI=1S/C19H27F5N4O2.HI/c1-4-25-18(28-9-7-27(8-10-28)13(2)19(22,23)24)26-12-14-5-6-15(29-3)16(11-14)30-17(20)21;/h5-6,11,13,17H,4,7-10,12H2,1-3H3,(H,25,26);1H. The average Bonchev–Trinajstić information content (AvgIpc) is 2.69. The second-order valence-corrected chi connectivity index (χ2v) is 6.77. The Balaban J connectivity index is 0.00000480. The first-order chi connectivity index (χ1) is 14.2. The Morgan fingerprint density at radius 3 is 2.32 bits per heavy atom. The summed E-state index contributed by atoms with van der Waals surface area (Å²) in [5.41, 5.74) is 0.631. The van der Waals surface area contributed by atoms with Crippen molar-refractivity contribution in [3.05, 3.63) is 23.8 Å². The quantitative estimate of drug-likeness (QED) is 0.235. The predicted molar refractivity (Wildman–Crippen MR) is 119 cm³/mol. The molecule has 1 fully saturated rings. The van der Waals surface area contributed by atoms with E-state index >= 15 is 0 Å². The topological polar surface area (TPSA) is 49.3 Å². The number of nitrogens with one attached hydrogen (secondary N) is 1. The van der Waals surface area contributed by atoms with Crippen LogP contribution in [0, 0.1) is 0 Å². The van der Waals surface area contributed by atoms with Gasteiger partial charge in [0.05, 0.1) is 13.7 Å². The van der Waals surface area contributed by atoms with Crippen molar-refractivity contribution in [1.82, 2.24) is 15.1 Å². The van der Waals surface area contributed by atoms with Crippen LogP contribution in [-0.2, 0) is 6.54 Å². The van der Waals surface area contributed by atoms with Crippen LogP contribution in [0.1, 0.15) is 19.4 Å². The van der Waals surface area contributed by atoms with Crippen molar-refractivity contribution < 1.29 is 31.4 Å². The van der Waals surface area contributed by atoms with E-state index < -0.39 is 18.8 Å². The summed E-state index contributed by atoms with van der Waals surface area (Å²) in [5, 5.41) is 3.13. The van der Waals surface area contributed by atoms with Crippen LogP contribution in [-0.4, -0.2) is 74.4 Å². The number of hydrogen-bond acceptors (Lipinski definition) is 4. The number of aliphatic imine (C=N–C) groups is 1. The molecule has 0 aromatic heterocycles. The number of guanidine groups is 1. The summed E-state index contributed by atoms with van der Waals surface area (Å²) >= 11 is 0. The van der Waals surface area contributed by atoms with Gasteiger partial charge in [-0.25, -0.2) is 4.99 Å². The van der Waals surface area contributed by atoms with Gasteiger partial charge in [-0.3, -0.25) is 4.90 Å². The van der Waals surface area contributed by atoms with Crippen LogP contribution >= 0.6 is 24.0 Å². The Morgan fingerprint density at radius 2 is 1.81 bits per heavy atom. The number of piperazine rings is 1. The lowest BCUT2D eigenvalue weighted by atomic mass is 10.2. The Bertz CT molecular complexity index is 713. The molecule has 1 aromatic rings. The van der Waals surface area contributed by atoms with E-state index in [4.69, 9.17) is 4.74 Å². The van der Waals surface area contributed by atoms with Crippen molar-refractivity contribution in [3.8, 4) is 11.5 Å². The first kappa shape index (κ1) is 27.5. The van der Waals surface area contributed by atoms with Gasteiger partial charge in [0.2, 0.25) is 0 Å². The molecule has 1 aromatic carbocycles. The van der Waals surface area contributed by atoms with Gasteiger partial charge in [0.15, 0.2) is 17.5 Å². The zero-order valence-electron chi connectivity index (χ0n) is 17.6. The van der Waals surface area contributed by atoms with E-state index in [0.717, 1.165) is 6.92 Å². The highest BCUT2D eigenvalue weighted by molar-refractivity contribution is 14.0. The van der Waals surface area contributed by atoms with Crippen LogP contribution in [0.15, 0.2) is 23.2 Å². The number of alkyl halides is 5. The van der Waals surface area contributed by atoms with Gasteiger partial charge in [0.25, 0.3) is 0 Å². The molecule has 0 radical (unpaired) electrons.